The minimum atomic E-state index is -3.43. The van der Waals surface area contributed by atoms with E-state index in [1.165, 1.54) is 0 Å². The number of hydrogen-bond donors (Lipinski definition) is 3. The Labute approximate surface area is 74.4 Å². The fraction of sp³-hybridized carbons (Fsp3) is 0.750. The number of nitrogens with one attached hydrogen (secondary N) is 2. The van der Waals surface area contributed by atoms with Crippen LogP contribution in [0.2, 0.25) is 0 Å². The van der Waals surface area contributed by atoms with Gasteiger partial charge in [0.25, 0.3) is 0 Å². The van der Waals surface area contributed by atoms with Crippen molar-refractivity contribution in [2.45, 2.75) is 6.54 Å². The lowest BCUT2D eigenvalue weighted by atomic mass is 10.7. The maximum absolute atomic E-state index is 11.0. The summed E-state index contributed by atoms with van der Waals surface area (Å²) in [6.45, 7) is -0.444. The van der Waals surface area contributed by atoms with Crippen molar-refractivity contribution in [1.29, 1.82) is 0 Å². The molecular formula is C4H9N5O3S. The van der Waals surface area contributed by atoms with Gasteiger partial charge in [0.1, 0.15) is 0 Å². The molecular weight excluding hydrogens is 198 g/mol. The molecule has 1 aromatic heterocycles. The highest BCUT2D eigenvalue weighted by molar-refractivity contribution is 7.89. The summed E-state index contributed by atoms with van der Waals surface area (Å²) in [5, 5.41) is 20.9. The minimum absolute atomic E-state index is 0.0289. The average molecular weight is 207 g/mol. The molecule has 0 aromatic carbocycles. The topological polar surface area (TPSA) is 121 Å². The van der Waals surface area contributed by atoms with E-state index in [0.717, 1.165) is 0 Å². The van der Waals surface area contributed by atoms with Crippen molar-refractivity contribution in [1.82, 2.24) is 25.3 Å². The van der Waals surface area contributed by atoms with Gasteiger partial charge in [-0.2, -0.15) is 5.21 Å². The predicted octanol–water partition coefficient (Wildman–Crippen LogP) is -2.39. The first kappa shape index (κ1) is 10.0. The van der Waals surface area contributed by atoms with Gasteiger partial charge in [0.2, 0.25) is 10.0 Å². The van der Waals surface area contributed by atoms with Crippen LogP contribution in [-0.2, 0) is 16.6 Å². The largest absolute Gasteiger partial charge is 0.395 e. The number of hydrogen-bond acceptors (Lipinski definition) is 6. The third-order valence-corrected chi connectivity index (χ3v) is 2.50. The second kappa shape index (κ2) is 4.25. The number of aliphatic hydroxyl groups is 1. The summed E-state index contributed by atoms with van der Waals surface area (Å²) in [5.41, 5.74) is 0. The van der Waals surface area contributed by atoms with Crippen LogP contribution >= 0.6 is 0 Å². The van der Waals surface area contributed by atoms with E-state index < -0.39 is 16.6 Å². The SMILES string of the molecule is O=S(=O)(CCO)NCc1nn[nH]n1. The molecule has 0 radical (unpaired) electrons. The smallest absolute Gasteiger partial charge is 0.214 e. The molecule has 0 saturated carbocycles. The molecule has 1 aromatic rings. The molecule has 13 heavy (non-hydrogen) atoms. The van der Waals surface area contributed by atoms with E-state index in [0.29, 0.717) is 0 Å². The van der Waals surface area contributed by atoms with Crippen LogP contribution in [-0.4, -0.2) is 46.5 Å². The fourth-order valence-electron chi connectivity index (χ4n) is 0.624. The monoisotopic (exact) mass is 207 g/mol. The van der Waals surface area contributed by atoms with Gasteiger partial charge in [-0.1, -0.05) is 5.21 Å². The molecule has 0 saturated heterocycles. The standard InChI is InChI=1S/C4H9N5O3S/c10-1-2-13(11,12)5-3-4-6-8-9-7-4/h5,10H,1-3H2,(H,6,7,8,9). The molecule has 9 heteroatoms. The molecule has 0 unspecified atom stereocenters. The normalized spacial score (nSPS) is 11.8. The van der Waals surface area contributed by atoms with Crippen LogP contribution < -0.4 is 4.72 Å². The Kier molecular flexibility index (Phi) is 3.28. The fourth-order valence-corrected chi connectivity index (χ4v) is 1.36. The van der Waals surface area contributed by atoms with Gasteiger partial charge in [-0.15, -0.1) is 10.2 Å². The van der Waals surface area contributed by atoms with E-state index >= 15 is 0 Å². The van der Waals surface area contributed by atoms with Crippen LogP contribution in [0.25, 0.3) is 0 Å². The van der Waals surface area contributed by atoms with Crippen molar-refractivity contribution in [2.24, 2.45) is 0 Å². The second-order valence-corrected chi connectivity index (χ2v) is 4.12. The number of aromatic nitrogens is 4. The summed E-state index contributed by atoms with van der Waals surface area (Å²) >= 11 is 0. The average Bonchev–Trinajstić information content (AvgIpc) is 2.52. The first-order chi connectivity index (χ1) is 6.14. The van der Waals surface area contributed by atoms with Gasteiger partial charge in [0.15, 0.2) is 5.82 Å². The van der Waals surface area contributed by atoms with Crippen molar-refractivity contribution in [3.8, 4) is 0 Å². The Morgan fingerprint density at radius 3 is 2.85 bits per heavy atom. The molecule has 0 bridgehead atoms. The summed E-state index contributed by atoms with van der Waals surface area (Å²) in [6, 6.07) is 0. The van der Waals surface area contributed by atoms with E-state index in [4.69, 9.17) is 5.11 Å². The molecule has 3 N–H and O–H groups in total. The molecule has 1 heterocycles. The minimum Gasteiger partial charge on any atom is -0.395 e. The van der Waals surface area contributed by atoms with E-state index in [9.17, 15) is 8.42 Å². The van der Waals surface area contributed by atoms with Crippen LogP contribution in [0.4, 0.5) is 0 Å². The van der Waals surface area contributed by atoms with E-state index in [2.05, 4.69) is 25.3 Å². The molecule has 0 spiro atoms. The summed E-state index contributed by atoms with van der Waals surface area (Å²) in [6.07, 6.45) is 0. The van der Waals surface area contributed by atoms with Gasteiger partial charge in [-0.3, -0.25) is 0 Å². The quantitative estimate of drug-likeness (QED) is 0.495. The molecule has 8 nitrogen and oxygen atoms in total. The van der Waals surface area contributed by atoms with Crippen LogP contribution in [0.5, 0.6) is 0 Å². The molecule has 0 fully saturated rings. The van der Waals surface area contributed by atoms with Gasteiger partial charge in [-0.25, -0.2) is 13.1 Å². The van der Waals surface area contributed by atoms with Crippen molar-refractivity contribution in [3.63, 3.8) is 0 Å². The zero-order chi connectivity index (χ0) is 9.73. The molecule has 74 valence electrons. The highest BCUT2D eigenvalue weighted by atomic mass is 32.2. The Hall–Kier alpha value is -1.06. The summed E-state index contributed by atoms with van der Waals surface area (Å²) in [5.74, 6) is -0.0771. The number of H-pyrrole nitrogens is 1. The van der Waals surface area contributed by atoms with Crippen molar-refractivity contribution in [3.05, 3.63) is 5.82 Å². The first-order valence-corrected chi connectivity index (χ1v) is 5.10. The van der Waals surface area contributed by atoms with Crippen LogP contribution in [0.1, 0.15) is 5.82 Å². The molecule has 0 atom stereocenters. The van der Waals surface area contributed by atoms with Crippen molar-refractivity contribution >= 4 is 10.0 Å². The summed E-state index contributed by atoms with van der Waals surface area (Å²) < 4.78 is 24.1. The van der Waals surface area contributed by atoms with Gasteiger partial charge in [0, 0.05) is 0 Å². The molecule has 0 aliphatic heterocycles. The second-order valence-electron chi connectivity index (χ2n) is 2.19. The third-order valence-electron chi connectivity index (χ3n) is 1.20. The Balaban J connectivity index is 2.43. The lowest BCUT2D eigenvalue weighted by molar-refractivity contribution is 0.319. The third kappa shape index (κ3) is 3.44. The van der Waals surface area contributed by atoms with E-state index in [-0.39, 0.29) is 18.1 Å². The number of rotatable bonds is 5. The van der Waals surface area contributed by atoms with Gasteiger partial charge in [0.05, 0.1) is 18.9 Å². The highest BCUT2D eigenvalue weighted by Gasteiger charge is 2.09. The molecule has 0 aliphatic carbocycles. The van der Waals surface area contributed by atoms with Crippen LogP contribution in [0.15, 0.2) is 0 Å². The molecule has 1 rings (SSSR count). The number of nitrogens with zero attached hydrogens (tertiary/aromatic N) is 3. The number of sulfonamides is 1. The zero-order valence-corrected chi connectivity index (χ0v) is 7.45. The lowest BCUT2D eigenvalue weighted by Crippen LogP contribution is -2.27. The molecule has 0 amide bonds. The van der Waals surface area contributed by atoms with E-state index in [1.807, 2.05) is 0 Å². The first-order valence-electron chi connectivity index (χ1n) is 3.44. The van der Waals surface area contributed by atoms with Crippen LogP contribution in [0.3, 0.4) is 0 Å². The van der Waals surface area contributed by atoms with Gasteiger partial charge >= 0.3 is 0 Å². The van der Waals surface area contributed by atoms with Gasteiger partial charge < -0.3 is 5.11 Å². The maximum Gasteiger partial charge on any atom is 0.214 e. The van der Waals surface area contributed by atoms with E-state index in [1.54, 1.807) is 0 Å². The number of aliphatic hydroxyl groups excluding tert-OH is 1. The number of aromatic amines is 1. The molecule has 0 aliphatic rings. The number of tetrazole rings is 1. The Bertz CT molecular complexity index is 333. The van der Waals surface area contributed by atoms with Crippen LogP contribution in [0, 0.1) is 0 Å². The van der Waals surface area contributed by atoms with Gasteiger partial charge in [-0.05, 0) is 0 Å². The lowest BCUT2D eigenvalue weighted by Gasteiger charge is -2.00. The van der Waals surface area contributed by atoms with Crippen molar-refractivity contribution < 1.29 is 13.5 Å². The predicted molar refractivity (Wildman–Crippen MR) is 41.9 cm³/mol. The summed E-state index contributed by atoms with van der Waals surface area (Å²) in [4.78, 5) is 0. The van der Waals surface area contributed by atoms with Crippen molar-refractivity contribution in [2.75, 3.05) is 12.4 Å². The maximum atomic E-state index is 11.0. The summed E-state index contributed by atoms with van der Waals surface area (Å²) in [7, 11) is -3.43. The Morgan fingerprint density at radius 2 is 2.31 bits per heavy atom. The highest BCUT2D eigenvalue weighted by Crippen LogP contribution is 1.87. The Morgan fingerprint density at radius 1 is 1.54 bits per heavy atom. The zero-order valence-electron chi connectivity index (χ0n) is 6.63.